The number of aromatic nitrogens is 1. The number of carboxylic acids is 1. The van der Waals surface area contributed by atoms with Crippen LogP contribution in [0, 0.1) is 5.92 Å². The average molecular weight is 658 g/mol. The molecule has 0 unspecified atom stereocenters. The van der Waals surface area contributed by atoms with Gasteiger partial charge in [-0.05, 0) is 73.4 Å². The summed E-state index contributed by atoms with van der Waals surface area (Å²) in [6, 6.07) is 12.0. The third-order valence-corrected chi connectivity index (χ3v) is 9.15. The van der Waals surface area contributed by atoms with Crippen LogP contribution >= 0.6 is 34.8 Å². The topological polar surface area (TPSA) is 129 Å². The van der Waals surface area contributed by atoms with Crippen molar-refractivity contribution in [1.82, 2.24) is 15.2 Å². The second-order valence-electron chi connectivity index (χ2n) is 11.2. The highest BCUT2D eigenvalue weighted by molar-refractivity contribution is 6.40. The molecule has 0 radical (unpaired) electrons. The number of carbonyl (C=O) groups is 4. The summed E-state index contributed by atoms with van der Waals surface area (Å²) in [5, 5.41) is 16.2. The Kier molecular flexibility index (Phi) is 10.1. The molecule has 2 aromatic carbocycles. The Bertz CT molecular complexity index is 1520. The molecule has 9 nitrogen and oxygen atoms in total. The summed E-state index contributed by atoms with van der Waals surface area (Å²) < 4.78 is 0. The van der Waals surface area contributed by atoms with Gasteiger partial charge in [0.15, 0.2) is 0 Å². The predicted molar refractivity (Wildman–Crippen MR) is 168 cm³/mol. The van der Waals surface area contributed by atoms with Crippen molar-refractivity contribution < 1.29 is 24.3 Å². The highest BCUT2D eigenvalue weighted by Crippen LogP contribution is 2.40. The van der Waals surface area contributed by atoms with Crippen molar-refractivity contribution in [2.45, 2.75) is 63.1 Å². The van der Waals surface area contributed by atoms with E-state index in [1.807, 2.05) is 12.1 Å². The van der Waals surface area contributed by atoms with E-state index in [1.54, 1.807) is 41.3 Å². The second-order valence-corrected chi connectivity index (χ2v) is 12.4. The van der Waals surface area contributed by atoms with Gasteiger partial charge in [-0.15, -0.1) is 0 Å². The summed E-state index contributed by atoms with van der Waals surface area (Å²) in [5.74, 6) is -2.26. The molecular formula is C32H31Cl3N4O5. The first-order valence-electron chi connectivity index (χ1n) is 14.4. The number of nitrogens with one attached hydrogen (secondary N) is 2. The fraction of sp³-hybridized carbons (Fsp3) is 0.344. The van der Waals surface area contributed by atoms with Gasteiger partial charge < -0.3 is 20.6 Å². The van der Waals surface area contributed by atoms with Gasteiger partial charge in [-0.2, -0.15) is 0 Å². The highest BCUT2D eigenvalue weighted by Gasteiger charge is 2.47. The van der Waals surface area contributed by atoms with Crippen molar-refractivity contribution in [2.75, 3.05) is 5.32 Å². The van der Waals surface area contributed by atoms with Gasteiger partial charge >= 0.3 is 5.97 Å². The van der Waals surface area contributed by atoms with Crippen LogP contribution in [0.4, 0.5) is 5.69 Å². The summed E-state index contributed by atoms with van der Waals surface area (Å²) in [6.07, 6.45) is 6.76. The van der Waals surface area contributed by atoms with Gasteiger partial charge in [-0.3, -0.25) is 19.4 Å². The molecule has 3 aliphatic rings. The Morgan fingerprint density at radius 2 is 1.50 bits per heavy atom. The maximum Gasteiger partial charge on any atom is 0.326 e. The maximum atomic E-state index is 13.6. The Labute approximate surface area is 269 Å². The number of hydrogen-bond acceptors (Lipinski definition) is 5. The molecule has 0 spiro atoms. The van der Waals surface area contributed by atoms with Gasteiger partial charge in [0.1, 0.15) is 12.1 Å². The molecule has 6 rings (SSSR count). The highest BCUT2D eigenvalue weighted by atomic mass is 35.5. The van der Waals surface area contributed by atoms with Crippen molar-refractivity contribution in [3.8, 4) is 0 Å². The van der Waals surface area contributed by atoms with E-state index < -0.39 is 29.9 Å². The first kappa shape index (κ1) is 31.8. The van der Waals surface area contributed by atoms with Gasteiger partial charge in [0.05, 0.1) is 15.6 Å². The van der Waals surface area contributed by atoms with Crippen LogP contribution in [-0.2, 0) is 27.2 Å². The molecule has 230 valence electrons. The van der Waals surface area contributed by atoms with Crippen LogP contribution in [0.3, 0.4) is 0 Å². The van der Waals surface area contributed by atoms with Crippen LogP contribution in [0.1, 0.15) is 53.6 Å². The van der Waals surface area contributed by atoms with Gasteiger partial charge in [0.2, 0.25) is 11.8 Å². The zero-order valence-electron chi connectivity index (χ0n) is 23.6. The van der Waals surface area contributed by atoms with Crippen molar-refractivity contribution in [2.24, 2.45) is 5.92 Å². The molecule has 3 heterocycles. The number of amides is 3. The molecule has 2 aliphatic heterocycles. The number of aliphatic carboxylic acids is 1. The number of fused-ring (bicyclic) bond motifs is 3. The van der Waals surface area contributed by atoms with Crippen LogP contribution in [0.5, 0.6) is 0 Å². The van der Waals surface area contributed by atoms with Crippen LogP contribution < -0.4 is 10.6 Å². The number of carbonyl (C=O) groups excluding carboxylic acids is 3. The lowest BCUT2D eigenvalue weighted by Gasteiger charge is -2.50. The minimum atomic E-state index is -1.20. The van der Waals surface area contributed by atoms with Gasteiger partial charge in [0, 0.05) is 42.0 Å². The smallest absolute Gasteiger partial charge is 0.326 e. The van der Waals surface area contributed by atoms with E-state index in [2.05, 4.69) is 15.6 Å². The number of piperidine rings is 2. The first-order valence-corrected chi connectivity index (χ1v) is 15.5. The molecule has 3 N–H and O–H groups in total. The average Bonchev–Trinajstić information content (AvgIpc) is 3.01. The summed E-state index contributed by atoms with van der Waals surface area (Å²) in [4.78, 5) is 57.5. The number of hydrogen-bond donors (Lipinski definition) is 3. The van der Waals surface area contributed by atoms with Crippen molar-refractivity contribution in [1.29, 1.82) is 0 Å². The van der Waals surface area contributed by atoms with Crippen LogP contribution in [-0.4, -0.2) is 56.8 Å². The molecule has 1 aromatic heterocycles. The number of carboxylic acid groups (broad SMARTS) is 1. The molecule has 2 bridgehead atoms. The summed E-state index contributed by atoms with van der Waals surface area (Å²) >= 11 is 18.1. The largest absolute Gasteiger partial charge is 0.480 e. The van der Waals surface area contributed by atoms with Crippen molar-refractivity contribution in [3.05, 3.63) is 92.7 Å². The van der Waals surface area contributed by atoms with Crippen molar-refractivity contribution in [3.63, 3.8) is 0 Å². The fourth-order valence-corrected chi connectivity index (χ4v) is 6.78. The lowest BCUT2D eigenvalue weighted by molar-refractivity contribution is -0.154. The van der Waals surface area contributed by atoms with Crippen LogP contribution in [0.2, 0.25) is 15.1 Å². The molecule has 1 saturated carbocycles. The SMILES string of the molecule is O=C(Nc1ccc(C[C@H](NC(=O)[C@@H]2C3CCC(CC3)N2C(=O)CCc2ccc(Cl)cc2)C(=O)O)cc1)c1c(Cl)cncc1Cl. The number of pyridine rings is 1. The molecule has 1 aliphatic carbocycles. The molecule has 2 atom stereocenters. The van der Waals surface area contributed by atoms with E-state index in [-0.39, 0.29) is 46.3 Å². The molecule has 3 fully saturated rings. The number of halogens is 3. The maximum absolute atomic E-state index is 13.6. The second kappa shape index (κ2) is 14.0. The zero-order chi connectivity index (χ0) is 31.4. The fourth-order valence-electron chi connectivity index (χ4n) is 6.12. The van der Waals surface area contributed by atoms with Gasteiger partial charge in [0.25, 0.3) is 5.91 Å². The number of rotatable bonds is 10. The van der Waals surface area contributed by atoms with E-state index in [0.717, 1.165) is 31.2 Å². The summed E-state index contributed by atoms with van der Waals surface area (Å²) in [6.45, 7) is 0. The van der Waals surface area contributed by atoms with Crippen LogP contribution in [0.25, 0.3) is 0 Å². The lowest BCUT2D eigenvalue weighted by Crippen LogP contribution is -2.64. The van der Waals surface area contributed by atoms with E-state index in [4.69, 9.17) is 34.8 Å². The summed E-state index contributed by atoms with van der Waals surface area (Å²) in [7, 11) is 0. The molecule has 3 aromatic rings. The Morgan fingerprint density at radius 3 is 2.11 bits per heavy atom. The van der Waals surface area contributed by atoms with Crippen LogP contribution in [0.15, 0.2) is 60.9 Å². The van der Waals surface area contributed by atoms with E-state index in [1.165, 1.54) is 12.4 Å². The lowest BCUT2D eigenvalue weighted by atomic mass is 9.74. The minimum Gasteiger partial charge on any atom is -0.480 e. The third-order valence-electron chi connectivity index (χ3n) is 8.33. The van der Waals surface area contributed by atoms with Gasteiger partial charge in [-0.25, -0.2) is 4.79 Å². The Morgan fingerprint density at radius 1 is 0.886 bits per heavy atom. The Hall–Kier alpha value is -3.66. The Balaban J connectivity index is 1.23. The normalized spacial score (nSPS) is 19.7. The molecule has 2 saturated heterocycles. The predicted octanol–water partition coefficient (Wildman–Crippen LogP) is 5.81. The van der Waals surface area contributed by atoms with E-state index in [0.29, 0.717) is 22.7 Å². The standard InChI is InChI=1S/C32H31Cl3N4O5/c33-21-8-1-18(2-9-21)5-14-27(40)39-23-12-6-20(7-13-23)29(39)31(42)38-26(32(43)44)15-19-3-10-22(11-4-19)37-30(41)28-24(34)16-36-17-25(28)35/h1-4,8-11,16-17,20,23,26,29H,5-7,12-15H2,(H,37,41)(H,38,42)(H,43,44)/t20?,23?,26-,29-/m0/s1. The number of aryl methyl sites for hydroxylation is 1. The number of benzene rings is 2. The van der Waals surface area contributed by atoms with E-state index >= 15 is 0 Å². The number of nitrogens with zero attached hydrogens (tertiary/aromatic N) is 2. The molecule has 12 heteroatoms. The molecule has 44 heavy (non-hydrogen) atoms. The quantitative estimate of drug-likeness (QED) is 0.253. The third kappa shape index (κ3) is 7.34. The number of anilines is 1. The van der Waals surface area contributed by atoms with E-state index in [9.17, 15) is 24.3 Å². The molecular weight excluding hydrogens is 627 g/mol. The van der Waals surface area contributed by atoms with Crippen molar-refractivity contribution >= 4 is 64.2 Å². The zero-order valence-corrected chi connectivity index (χ0v) is 25.9. The van der Waals surface area contributed by atoms with Gasteiger partial charge in [-0.1, -0.05) is 59.1 Å². The monoisotopic (exact) mass is 656 g/mol. The minimum absolute atomic E-state index is 0.0146. The molecule has 3 amide bonds. The first-order chi connectivity index (χ1) is 21.1. The summed E-state index contributed by atoms with van der Waals surface area (Å²) in [5.41, 5.74) is 2.16.